The van der Waals surface area contributed by atoms with Crippen molar-refractivity contribution in [3.05, 3.63) is 12.4 Å². The summed E-state index contributed by atoms with van der Waals surface area (Å²) in [7, 11) is 0. The molecule has 0 bridgehead atoms. The summed E-state index contributed by atoms with van der Waals surface area (Å²) in [5, 5.41) is 4.24. The van der Waals surface area contributed by atoms with Gasteiger partial charge in [0.2, 0.25) is 0 Å². The fraction of sp³-hybridized carbons (Fsp3) is 0.769. The Bertz CT molecular complexity index is 390. The number of nitrogens with zero attached hydrogens (tertiary/aromatic N) is 3. The van der Waals surface area contributed by atoms with Gasteiger partial charge >= 0.3 is 0 Å². The smallest absolute Gasteiger partial charge is 0.0730 e. The van der Waals surface area contributed by atoms with E-state index in [1.807, 2.05) is 10.9 Å². The molecule has 0 spiro atoms. The molecule has 1 saturated heterocycles. The van der Waals surface area contributed by atoms with Crippen LogP contribution in [0.4, 0.5) is 5.69 Å². The molecule has 2 atom stereocenters. The number of morpholine rings is 1. The van der Waals surface area contributed by atoms with Crippen LogP contribution in [0.3, 0.4) is 0 Å². The zero-order chi connectivity index (χ0) is 12.4. The third kappa shape index (κ3) is 2.52. The van der Waals surface area contributed by atoms with Gasteiger partial charge in [-0.1, -0.05) is 12.8 Å². The average molecular weight is 250 g/mol. The summed E-state index contributed by atoms with van der Waals surface area (Å²) >= 11 is 0. The highest BCUT2D eigenvalue weighted by Gasteiger charge is 2.33. The van der Waals surface area contributed by atoms with E-state index in [1.54, 1.807) is 6.20 Å². The fourth-order valence-corrected chi connectivity index (χ4v) is 3.19. The van der Waals surface area contributed by atoms with Gasteiger partial charge in [0, 0.05) is 25.3 Å². The third-order valence-electron chi connectivity index (χ3n) is 4.12. The molecule has 1 aliphatic heterocycles. The highest BCUT2D eigenvalue weighted by molar-refractivity contribution is 5.30. The van der Waals surface area contributed by atoms with Crippen LogP contribution in [0.1, 0.15) is 25.7 Å². The minimum atomic E-state index is 0.468. The highest BCUT2D eigenvalue weighted by atomic mass is 16.5. The van der Waals surface area contributed by atoms with Crippen molar-refractivity contribution in [3.8, 4) is 0 Å². The van der Waals surface area contributed by atoms with E-state index in [2.05, 4.69) is 10.00 Å². The molecule has 3 rings (SSSR count). The maximum atomic E-state index is 5.88. The van der Waals surface area contributed by atoms with Crippen molar-refractivity contribution in [2.45, 2.75) is 44.4 Å². The number of aromatic nitrogens is 2. The first kappa shape index (κ1) is 12.0. The van der Waals surface area contributed by atoms with Crippen LogP contribution in [0.15, 0.2) is 12.4 Å². The Labute approximate surface area is 108 Å². The largest absolute Gasteiger partial charge is 0.396 e. The predicted molar refractivity (Wildman–Crippen MR) is 70.2 cm³/mol. The summed E-state index contributed by atoms with van der Waals surface area (Å²) in [6.45, 7) is 3.90. The molecule has 0 aromatic carbocycles. The first-order chi connectivity index (χ1) is 8.83. The van der Waals surface area contributed by atoms with Crippen molar-refractivity contribution in [2.75, 3.05) is 25.4 Å². The molecule has 1 aliphatic carbocycles. The van der Waals surface area contributed by atoms with Crippen LogP contribution in [-0.2, 0) is 11.3 Å². The van der Waals surface area contributed by atoms with E-state index < -0.39 is 0 Å². The number of ether oxygens (including phenoxy) is 1. The Kier molecular flexibility index (Phi) is 3.52. The first-order valence-corrected chi connectivity index (χ1v) is 6.96. The Morgan fingerprint density at radius 3 is 3.06 bits per heavy atom. The van der Waals surface area contributed by atoms with Crippen molar-refractivity contribution >= 4 is 5.69 Å². The van der Waals surface area contributed by atoms with Gasteiger partial charge in [-0.3, -0.25) is 9.58 Å². The zero-order valence-corrected chi connectivity index (χ0v) is 10.8. The van der Waals surface area contributed by atoms with E-state index in [4.69, 9.17) is 10.5 Å². The lowest BCUT2D eigenvalue weighted by molar-refractivity contribution is -0.0889. The average Bonchev–Trinajstić information content (AvgIpc) is 2.82. The molecule has 0 amide bonds. The molecule has 2 fully saturated rings. The summed E-state index contributed by atoms with van der Waals surface area (Å²) in [5.41, 5.74) is 6.42. The molecule has 100 valence electrons. The van der Waals surface area contributed by atoms with Crippen molar-refractivity contribution in [2.24, 2.45) is 0 Å². The standard InChI is InChI=1S/C13H22N4O/c14-11-9-15-17(10-11)6-5-16-7-8-18-13-4-2-1-3-12(13)16/h9-10,12-13H,1-8,14H2. The lowest BCUT2D eigenvalue weighted by Gasteiger charge is -2.43. The van der Waals surface area contributed by atoms with E-state index in [0.29, 0.717) is 12.1 Å². The molecular weight excluding hydrogens is 228 g/mol. The molecule has 5 nitrogen and oxygen atoms in total. The van der Waals surface area contributed by atoms with Crippen LogP contribution in [0.5, 0.6) is 0 Å². The molecule has 2 N–H and O–H groups in total. The molecular formula is C13H22N4O. The van der Waals surface area contributed by atoms with Gasteiger partial charge in [-0.25, -0.2) is 0 Å². The number of nitrogens with two attached hydrogens (primary N) is 1. The topological polar surface area (TPSA) is 56.3 Å². The Morgan fingerprint density at radius 1 is 1.33 bits per heavy atom. The fourth-order valence-electron chi connectivity index (χ4n) is 3.19. The van der Waals surface area contributed by atoms with Gasteiger partial charge in [0.25, 0.3) is 0 Å². The van der Waals surface area contributed by atoms with Crippen LogP contribution in [0, 0.1) is 0 Å². The SMILES string of the molecule is Nc1cnn(CCN2CCOC3CCCCC32)c1. The number of anilines is 1. The van der Waals surface area contributed by atoms with Gasteiger partial charge in [-0.15, -0.1) is 0 Å². The Hall–Kier alpha value is -1.07. The lowest BCUT2D eigenvalue weighted by atomic mass is 9.90. The molecule has 1 saturated carbocycles. The number of rotatable bonds is 3. The Balaban J connectivity index is 1.57. The van der Waals surface area contributed by atoms with E-state index in [1.165, 1.54) is 25.7 Å². The number of hydrogen-bond donors (Lipinski definition) is 1. The normalized spacial score (nSPS) is 29.1. The lowest BCUT2D eigenvalue weighted by Crippen LogP contribution is -2.53. The highest BCUT2D eigenvalue weighted by Crippen LogP contribution is 2.28. The second-order valence-corrected chi connectivity index (χ2v) is 5.33. The monoisotopic (exact) mass is 250 g/mol. The van der Waals surface area contributed by atoms with Gasteiger partial charge in [0.15, 0.2) is 0 Å². The van der Waals surface area contributed by atoms with Crippen LogP contribution < -0.4 is 5.73 Å². The summed E-state index contributed by atoms with van der Waals surface area (Å²) in [6, 6.07) is 0.625. The summed E-state index contributed by atoms with van der Waals surface area (Å²) in [6.07, 6.45) is 9.26. The molecule has 1 aromatic rings. The minimum absolute atomic E-state index is 0.468. The quantitative estimate of drug-likeness (QED) is 0.873. The van der Waals surface area contributed by atoms with Gasteiger partial charge in [-0.05, 0) is 12.8 Å². The molecule has 1 aromatic heterocycles. The van der Waals surface area contributed by atoms with E-state index >= 15 is 0 Å². The number of fused-ring (bicyclic) bond motifs is 1. The number of hydrogen-bond acceptors (Lipinski definition) is 4. The van der Waals surface area contributed by atoms with Crippen LogP contribution >= 0.6 is 0 Å². The molecule has 5 heteroatoms. The van der Waals surface area contributed by atoms with Crippen molar-refractivity contribution in [3.63, 3.8) is 0 Å². The first-order valence-electron chi connectivity index (χ1n) is 6.96. The molecule has 18 heavy (non-hydrogen) atoms. The van der Waals surface area contributed by atoms with Crippen LogP contribution in [0.2, 0.25) is 0 Å². The summed E-state index contributed by atoms with van der Waals surface area (Å²) in [5.74, 6) is 0. The Morgan fingerprint density at radius 2 is 2.22 bits per heavy atom. The van der Waals surface area contributed by atoms with Crippen molar-refractivity contribution < 1.29 is 4.74 Å². The molecule has 0 radical (unpaired) electrons. The maximum Gasteiger partial charge on any atom is 0.0730 e. The summed E-state index contributed by atoms with van der Waals surface area (Å²) < 4.78 is 7.82. The van der Waals surface area contributed by atoms with Gasteiger partial charge in [-0.2, -0.15) is 5.10 Å². The van der Waals surface area contributed by atoms with Gasteiger partial charge in [0.05, 0.1) is 31.1 Å². The maximum absolute atomic E-state index is 5.88. The van der Waals surface area contributed by atoms with E-state index in [9.17, 15) is 0 Å². The molecule has 2 heterocycles. The van der Waals surface area contributed by atoms with E-state index in [0.717, 1.165) is 31.9 Å². The van der Waals surface area contributed by atoms with Gasteiger partial charge < -0.3 is 10.5 Å². The molecule has 2 unspecified atom stereocenters. The summed E-state index contributed by atoms with van der Waals surface area (Å²) in [4.78, 5) is 2.57. The number of nitrogen functional groups attached to an aromatic ring is 1. The second-order valence-electron chi connectivity index (χ2n) is 5.33. The van der Waals surface area contributed by atoms with E-state index in [-0.39, 0.29) is 0 Å². The molecule has 2 aliphatic rings. The van der Waals surface area contributed by atoms with Crippen molar-refractivity contribution in [1.82, 2.24) is 14.7 Å². The second kappa shape index (κ2) is 5.28. The van der Waals surface area contributed by atoms with Gasteiger partial charge in [0.1, 0.15) is 0 Å². The van der Waals surface area contributed by atoms with Crippen molar-refractivity contribution in [1.29, 1.82) is 0 Å². The van der Waals surface area contributed by atoms with Crippen LogP contribution in [-0.4, -0.2) is 46.5 Å². The predicted octanol–water partition coefficient (Wildman–Crippen LogP) is 1.11. The third-order valence-corrected chi connectivity index (χ3v) is 4.12. The minimum Gasteiger partial charge on any atom is -0.396 e. The zero-order valence-electron chi connectivity index (χ0n) is 10.8. The van der Waals surface area contributed by atoms with Crippen LogP contribution in [0.25, 0.3) is 0 Å².